The number of allylic oxidation sites excluding steroid dienone is 1. The summed E-state index contributed by atoms with van der Waals surface area (Å²) in [6.07, 6.45) is 7.33. The van der Waals surface area contributed by atoms with Crippen molar-refractivity contribution in [1.29, 1.82) is 0 Å². The van der Waals surface area contributed by atoms with Gasteiger partial charge in [-0.1, -0.05) is 32.4 Å². The molecule has 0 aromatic carbocycles. The van der Waals surface area contributed by atoms with E-state index in [9.17, 15) is 5.11 Å². The van der Waals surface area contributed by atoms with Gasteiger partial charge < -0.3 is 5.11 Å². The first-order valence-electron chi connectivity index (χ1n) is 4.55. The monoisotopic (exact) mass is 154 g/mol. The molecule has 0 fully saturated rings. The summed E-state index contributed by atoms with van der Waals surface area (Å²) in [5.41, 5.74) is 0. The Hall–Kier alpha value is -0.300. The summed E-state index contributed by atoms with van der Waals surface area (Å²) in [7, 11) is 0. The number of rotatable bonds is 0. The van der Waals surface area contributed by atoms with Gasteiger partial charge in [-0.15, -0.1) is 0 Å². The molecule has 3 unspecified atom stereocenters. The van der Waals surface area contributed by atoms with Gasteiger partial charge in [0, 0.05) is 0 Å². The van der Waals surface area contributed by atoms with Gasteiger partial charge >= 0.3 is 0 Å². The number of aliphatic hydroxyl groups is 1. The molecule has 64 valence electrons. The van der Waals surface area contributed by atoms with Crippen LogP contribution in [0, 0.1) is 11.8 Å². The van der Waals surface area contributed by atoms with Crippen LogP contribution in [0.4, 0.5) is 0 Å². The highest BCUT2D eigenvalue weighted by atomic mass is 16.3. The van der Waals surface area contributed by atoms with E-state index in [4.69, 9.17) is 0 Å². The zero-order valence-corrected chi connectivity index (χ0v) is 7.46. The lowest BCUT2D eigenvalue weighted by Crippen LogP contribution is -2.12. The lowest BCUT2D eigenvalue weighted by molar-refractivity contribution is 0.182. The zero-order chi connectivity index (χ0) is 8.27. The Balaban J connectivity index is 2.50. The molecule has 0 saturated heterocycles. The van der Waals surface area contributed by atoms with E-state index in [-0.39, 0.29) is 6.10 Å². The number of aliphatic hydroxyl groups excluding tert-OH is 1. The van der Waals surface area contributed by atoms with Gasteiger partial charge in [-0.05, 0) is 24.7 Å². The molecule has 0 saturated carbocycles. The second-order valence-corrected chi connectivity index (χ2v) is 3.85. The van der Waals surface area contributed by atoms with Crippen molar-refractivity contribution in [1.82, 2.24) is 0 Å². The van der Waals surface area contributed by atoms with Gasteiger partial charge in [0.25, 0.3) is 0 Å². The van der Waals surface area contributed by atoms with Crippen LogP contribution in [0.25, 0.3) is 0 Å². The summed E-state index contributed by atoms with van der Waals surface area (Å²) in [6.45, 7) is 4.43. The van der Waals surface area contributed by atoms with Crippen LogP contribution >= 0.6 is 0 Å². The molecule has 1 rings (SSSR count). The molecule has 0 amide bonds. The van der Waals surface area contributed by atoms with E-state index in [2.05, 4.69) is 19.9 Å². The van der Waals surface area contributed by atoms with Crippen LogP contribution in [0.3, 0.4) is 0 Å². The largest absolute Gasteiger partial charge is 0.389 e. The molecule has 1 N–H and O–H groups in total. The van der Waals surface area contributed by atoms with E-state index in [1.165, 1.54) is 12.8 Å². The van der Waals surface area contributed by atoms with Gasteiger partial charge in [0.1, 0.15) is 0 Å². The van der Waals surface area contributed by atoms with Crippen LogP contribution in [-0.4, -0.2) is 11.2 Å². The van der Waals surface area contributed by atoms with Crippen LogP contribution in [0.2, 0.25) is 0 Å². The number of hydrogen-bond acceptors (Lipinski definition) is 1. The van der Waals surface area contributed by atoms with E-state index in [0.29, 0.717) is 11.8 Å². The molecule has 1 aliphatic rings. The average molecular weight is 154 g/mol. The second-order valence-electron chi connectivity index (χ2n) is 3.85. The Morgan fingerprint density at radius 1 is 1.18 bits per heavy atom. The van der Waals surface area contributed by atoms with Crippen LogP contribution in [0.1, 0.15) is 33.1 Å². The third-order valence-electron chi connectivity index (χ3n) is 2.42. The van der Waals surface area contributed by atoms with Gasteiger partial charge in [-0.2, -0.15) is 0 Å². The smallest absolute Gasteiger partial charge is 0.0723 e. The summed E-state index contributed by atoms with van der Waals surface area (Å²) in [4.78, 5) is 0. The van der Waals surface area contributed by atoms with Crippen molar-refractivity contribution in [2.75, 3.05) is 0 Å². The van der Waals surface area contributed by atoms with Crippen molar-refractivity contribution in [3.05, 3.63) is 12.2 Å². The first kappa shape index (κ1) is 8.79. The molecular formula is C10H18O. The average Bonchev–Trinajstić information content (AvgIpc) is 1.95. The molecule has 0 spiro atoms. The normalized spacial score (nSPS) is 42.6. The van der Waals surface area contributed by atoms with Crippen molar-refractivity contribution in [2.24, 2.45) is 11.8 Å². The van der Waals surface area contributed by atoms with Crippen LogP contribution in [0.15, 0.2) is 12.2 Å². The molecule has 1 heteroatoms. The van der Waals surface area contributed by atoms with Gasteiger partial charge in [0.15, 0.2) is 0 Å². The Kier molecular flexibility index (Phi) is 3.13. The zero-order valence-electron chi connectivity index (χ0n) is 7.46. The third kappa shape index (κ3) is 3.06. The minimum atomic E-state index is -0.201. The summed E-state index contributed by atoms with van der Waals surface area (Å²) in [5.74, 6) is 1.32. The lowest BCUT2D eigenvalue weighted by atomic mass is 9.90. The Morgan fingerprint density at radius 2 is 1.91 bits per heavy atom. The fourth-order valence-electron chi connectivity index (χ4n) is 1.57. The van der Waals surface area contributed by atoms with Crippen molar-refractivity contribution in [3.8, 4) is 0 Å². The van der Waals surface area contributed by atoms with E-state index < -0.39 is 0 Å². The van der Waals surface area contributed by atoms with Crippen LogP contribution < -0.4 is 0 Å². The molecule has 11 heavy (non-hydrogen) atoms. The minimum absolute atomic E-state index is 0.201. The summed E-state index contributed by atoms with van der Waals surface area (Å²) < 4.78 is 0. The van der Waals surface area contributed by atoms with Gasteiger partial charge in [-0.25, -0.2) is 0 Å². The standard InChI is InChI=1S/C10H18O/c1-8-3-4-9(2)7-10(11)6-5-8/h5-6,8-11H,3-4,7H2,1-2H3/b6-5-. The highest BCUT2D eigenvalue weighted by molar-refractivity contribution is 4.94. The van der Waals surface area contributed by atoms with Crippen LogP contribution in [0.5, 0.6) is 0 Å². The molecule has 1 nitrogen and oxygen atoms in total. The van der Waals surface area contributed by atoms with Crippen molar-refractivity contribution in [2.45, 2.75) is 39.2 Å². The maximum absolute atomic E-state index is 9.42. The maximum atomic E-state index is 9.42. The van der Waals surface area contributed by atoms with Crippen molar-refractivity contribution in [3.63, 3.8) is 0 Å². The first-order chi connectivity index (χ1) is 5.18. The van der Waals surface area contributed by atoms with Crippen molar-refractivity contribution < 1.29 is 5.11 Å². The number of hydrogen-bond donors (Lipinski definition) is 1. The fraction of sp³-hybridized carbons (Fsp3) is 0.800. The molecular weight excluding hydrogens is 136 g/mol. The molecule has 1 aliphatic carbocycles. The Morgan fingerprint density at radius 3 is 2.64 bits per heavy atom. The molecule has 0 bridgehead atoms. The highest BCUT2D eigenvalue weighted by Gasteiger charge is 2.12. The molecule has 0 heterocycles. The van der Waals surface area contributed by atoms with E-state index >= 15 is 0 Å². The van der Waals surface area contributed by atoms with Gasteiger partial charge in [-0.3, -0.25) is 0 Å². The predicted molar refractivity (Wildman–Crippen MR) is 47.3 cm³/mol. The van der Waals surface area contributed by atoms with Gasteiger partial charge in [0.05, 0.1) is 6.10 Å². The lowest BCUT2D eigenvalue weighted by Gasteiger charge is -2.18. The highest BCUT2D eigenvalue weighted by Crippen LogP contribution is 2.21. The van der Waals surface area contributed by atoms with E-state index in [1.54, 1.807) is 0 Å². The SMILES string of the molecule is CC1/C=C\C(O)CC(C)CC1. The predicted octanol–water partition coefficient (Wildman–Crippen LogP) is 2.36. The van der Waals surface area contributed by atoms with Crippen LogP contribution in [-0.2, 0) is 0 Å². The second kappa shape index (κ2) is 3.91. The molecule has 3 atom stereocenters. The fourth-order valence-corrected chi connectivity index (χ4v) is 1.57. The molecule has 0 aliphatic heterocycles. The third-order valence-corrected chi connectivity index (χ3v) is 2.42. The maximum Gasteiger partial charge on any atom is 0.0723 e. The Labute approximate surface area is 69.1 Å². The minimum Gasteiger partial charge on any atom is -0.389 e. The topological polar surface area (TPSA) is 20.2 Å². The Bertz CT molecular complexity index is 140. The summed E-state index contributed by atoms with van der Waals surface area (Å²) in [5, 5.41) is 9.42. The summed E-state index contributed by atoms with van der Waals surface area (Å²) in [6, 6.07) is 0. The molecule has 0 aromatic rings. The first-order valence-corrected chi connectivity index (χ1v) is 4.55. The molecule has 0 aromatic heterocycles. The molecule has 0 radical (unpaired) electrons. The summed E-state index contributed by atoms with van der Waals surface area (Å²) >= 11 is 0. The van der Waals surface area contributed by atoms with E-state index in [0.717, 1.165) is 6.42 Å². The quantitative estimate of drug-likeness (QED) is 0.531. The van der Waals surface area contributed by atoms with E-state index in [1.807, 2.05) is 6.08 Å². The van der Waals surface area contributed by atoms with Crippen molar-refractivity contribution >= 4 is 0 Å². The van der Waals surface area contributed by atoms with Gasteiger partial charge in [0.2, 0.25) is 0 Å².